The number of aryl methyl sites for hydroxylation is 1. The maximum Gasteiger partial charge on any atom is 0.0595 e. The van der Waals surface area contributed by atoms with E-state index in [1.165, 1.54) is 5.56 Å². The molecule has 0 aliphatic rings. The topological polar surface area (TPSA) is 26.0 Å². The Bertz CT molecular complexity index is 591. The van der Waals surface area contributed by atoms with Crippen molar-refractivity contribution >= 4 is 23.2 Å². The zero-order chi connectivity index (χ0) is 14.0. The Morgan fingerprint density at radius 1 is 1.05 bits per heavy atom. The minimum Gasteiger partial charge on any atom is -0.321 e. The van der Waals surface area contributed by atoms with Crippen molar-refractivity contribution in [1.29, 1.82) is 0 Å². The van der Waals surface area contributed by atoms with Crippen molar-refractivity contribution in [3.63, 3.8) is 0 Å². The van der Waals surface area contributed by atoms with Crippen LogP contribution in [0.5, 0.6) is 0 Å². The lowest BCUT2D eigenvalue weighted by Gasteiger charge is -2.27. The van der Waals surface area contributed by atoms with Gasteiger partial charge in [-0.05, 0) is 49.1 Å². The van der Waals surface area contributed by atoms with Crippen molar-refractivity contribution in [2.45, 2.75) is 25.8 Å². The highest BCUT2D eigenvalue weighted by molar-refractivity contribution is 6.42. The SMILES string of the molecule is Cc1ccccc1C(C)(N)Cc1ccc(Cl)c(Cl)c1. The molecule has 0 spiro atoms. The van der Waals surface area contributed by atoms with E-state index in [0.29, 0.717) is 10.0 Å². The molecule has 0 saturated carbocycles. The molecule has 1 unspecified atom stereocenters. The van der Waals surface area contributed by atoms with Gasteiger partial charge < -0.3 is 5.73 Å². The summed E-state index contributed by atoms with van der Waals surface area (Å²) in [5, 5.41) is 1.14. The first-order valence-corrected chi connectivity index (χ1v) is 6.95. The van der Waals surface area contributed by atoms with Gasteiger partial charge in [-0.1, -0.05) is 53.5 Å². The normalized spacial score (nSPS) is 14.2. The van der Waals surface area contributed by atoms with Gasteiger partial charge in [0, 0.05) is 5.54 Å². The fourth-order valence-corrected chi connectivity index (χ4v) is 2.70. The minimum absolute atomic E-state index is 0.428. The van der Waals surface area contributed by atoms with E-state index in [1.54, 1.807) is 0 Å². The molecule has 0 fully saturated rings. The fourth-order valence-electron chi connectivity index (χ4n) is 2.38. The number of hydrogen-bond acceptors (Lipinski definition) is 1. The van der Waals surface area contributed by atoms with Crippen LogP contribution in [-0.2, 0) is 12.0 Å². The van der Waals surface area contributed by atoms with E-state index in [9.17, 15) is 0 Å². The standard InChI is InChI=1S/C16H17Cl2N/c1-11-5-3-4-6-13(11)16(2,19)10-12-7-8-14(17)15(18)9-12/h3-9H,10,19H2,1-2H3. The first kappa shape index (κ1) is 14.4. The van der Waals surface area contributed by atoms with Crippen molar-refractivity contribution < 1.29 is 0 Å². The van der Waals surface area contributed by atoms with E-state index in [2.05, 4.69) is 19.1 Å². The second-order valence-electron chi connectivity index (χ2n) is 5.16. The van der Waals surface area contributed by atoms with Crippen molar-refractivity contribution in [1.82, 2.24) is 0 Å². The molecular formula is C16H17Cl2N. The first-order valence-electron chi connectivity index (χ1n) is 6.19. The summed E-state index contributed by atoms with van der Waals surface area (Å²) in [6, 6.07) is 13.9. The lowest BCUT2D eigenvalue weighted by atomic mass is 9.84. The van der Waals surface area contributed by atoms with Crippen LogP contribution in [0.1, 0.15) is 23.6 Å². The molecule has 0 aromatic heterocycles. The van der Waals surface area contributed by atoms with E-state index in [-0.39, 0.29) is 0 Å². The van der Waals surface area contributed by atoms with Gasteiger partial charge >= 0.3 is 0 Å². The van der Waals surface area contributed by atoms with Gasteiger partial charge in [-0.3, -0.25) is 0 Å². The van der Waals surface area contributed by atoms with Crippen LogP contribution >= 0.6 is 23.2 Å². The third-order valence-corrected chi connectivity index (χ3v) is 4.05. The summed E-state index contributed by atoms with van der Waals surface area (Å²) >= 11 is 12.0. The Morgan fingerprint density at radius 3 is 2.37 bits per heavy atom. The summed E-state index contributed by atoms with van der Waals surface area (Å²) in [7, 11) is 0. The molecule has 0 heterocycles. The molecule has 1 nitrogen and oxygen atoms in total. The molecule has 0 radical (unpaired) electrons. The van der Waals surface area contributed by atoms with Crippen LogP contribution < -0.4 is 5.73 Å². The molecule has 100 valence electrons. The molecule has 3 heteroatoms. The summed E-state index contributed by atoms with van der Waals surface area (Å²) < 4.78 is 0. The van der Waals surface area contributed by atoms with E-state index in [4.69, 9.17) is 28.9 Å². The Balaban J connectivity index is 2.31. The zero-order valence-corrected chi connectivity index (χ0v) is 12.6. The molecule has 0 amide bonds. The second-order valence-corrected chi connectivity index (χ2v) is 5.97. The number of benzene rings is 2. The predicted octanol–water partition coefficient (Wildman–Crippen LogP) is 4.72. The summed E-state index contributed by atoms with van der Waals surface area (Å²) in [4.78, 5) is 0. The average Bonchev–Trinajstić information content (AvgIpc) is 2.34. The van der Waals surface area contributed by atoms with Gasteiger partial charge in [-0.2, -0.15) is 0 Å². The van der Waals surface area contributed by atoms with Gasteiger partial charge in [-0.25, -0.2) is 0 Å². The molecule has 2 N–H and O–H groups in total. The molecule has 0 aliphatic heterocycles. The monoisotopic (exact) mass is 293 g/mol. The summed E-state index contributed by atoms with van der Waals surface area (Å²) in [6.45, 7) is 4.12. The summed E-state index contributed by atoms with van der Waals surface area (Å²) in [5.74, 6) is 0. The number of rotatable bonds is 3. The van der Waals surface area contributed by atoms with Crippen LogP contribution in [-0.4, -0.2) is 0 Å². The highest BCUT2D eigenvalue weighted by Crippen LogP contribution is 2.28. The van der Waals surface area contributed by atoms with Gasteiger partial charge in [0.25, 0.3) is 0 Å². The molecule has 19 heavy (non-hydrogen) atoms. The van der Waals surface area contributed by atoms with Crippen LogP contribution in [0.3, 0.4) is 0 Å². The molecule has 2 rings (SSSR count). The number of halogens is 2. The summed E-state index contributed by atoms with van der Waals surface area (Å²) in [6.07, 6.45) is 0.717. The Hall–Kier alpha value is -1.02. The Labute approximate surface area is 124 Å². The van der Waals surface area contributed by atoms with Crippen LogP contribution in [0.4, 0.5) is 0 Å². The van der Waals surface area contributed by atoms with Crippen molar-refractivity contribution in [3.05, 3.63) is 69.2 Å². The predicted molar refractivity (Wildman–Crippen MR) is 82.9 cm³/mol. The average molecular weight is 294 g/mol. The Kier molecular flexibility index (Phi) is 4.19. The van der Waals surface area contributed by atoms with Crippen molar-refractivity contribution in [2.75, 3.05) is 0 Å². The van der Waals surface area contributed by atoms with Crippen LogP contribution in [0.15, 0.2) is 42.5 Å². The van der Waals surface area contributed by atoms with Gasteiger partial charge in [0.05, 0.1) is 10.0 Å². The quantitative estimate of drug-likeness (QED) is 0.871. The Morgan fingerprint density at radius 2 is 1.74 bits per heavy atom. The first-order chi connectivity index (χ1) is 8.90. The molecule has 0 aliphatic carbocycles. The maximum atomic E-state index is 6.48. The molecule has 2 aromatic carbocycles. The van der Waals surface area contributed by atoms with Crippen LogP contribution in [0, 0.1) is 6.92 Å². The smallest absolute Gasteiger partial charge is 0.0595 e. The van der Waals surface area contributed by atoms with E-state index in [1.807, 2.05) is 37.3 Å². The van der Waals surface area contributed by atoms with E-state index in [0.717, 1.165) is 17.5 Å². The highest BCUT2D eigenvalue weighted by atomic mass is 35.5. The molecule has 2 aromatic rings. The van der Waals surface area contributed by atoms with Crippen molar-refractivity contribution in [2.24, 2.45) is 5.73 Å². The van der Waals surface area contributed by atoms with Gasteiger partial charge in [0.2, 0.25) is 0 Å². The molecule has 0 saturated heterocycles. The lowest BCUT2D eigenvalue weighted by Crippen LogP contribution is -2.36. The largest absolute Gasteiger partial charge is 0.321 e. The summed E-state index contributed by atoms with van der Waals surface area (Å²) in [5.41, 5.74) is 9.50. The molecule has 1 atom stereocenters. The van der Waals surface area contributed by atoms with Gasteiger partial charge in [0.15, 0.2) is 0 Å². The van der Waals surface area contributed by atoms with Gasteiger partial charge in [-0.15, -0.1) is 0 Å². The molecule has 0 bridgehead atoms. The van der Waals surface area contributed by atoms with E-state index < -0.39 is 5.54 Å². The number of nitrogens with two attached hydrogens (primary N) is 1. The number of hydrogen-bond donors (Lipinski definition) is 1. The second kappa shape index (κ2) is 5.54. The maximum absolute atomic E-state index is 6.48. The fraction of sp³-hybridized carbons (Fsp3) is 0.250. The third kappa shape index (κ3) is 3.30. The highest BCUT2D eigenvalue weighted by Gasteiger charge is 2.23. The zero-order valence-electron chi connectivity index (χ0n) is 11.1. The lowest BCUT2D eigenvalue weighted by molar-refractivity contribution is 0.488. The van der Waals surface area contributed by atoms with Crippen LogP contribution in [0.25, 0.3) is 0 Å². The minimum atomic E-state index is -0.428. The molecular weight excluding hydrogens is 277 g/mol. The van der Waals surface area contributed by atoms with E-state index >= 15 is 0 Å². The third-order valence-electron chi connectivity index (χ3n) is 3.32. The van der Waals surface area contributed by atoms with Gasteiger partial charge in [0.1, 0.15) is 0 Å². The van der Waals surface area contributed by atoms with Crippen molar-refractivity contribution in [3.8, 4) is 0 Å². The van der Waals surface area contributed by atoms with Crippen LogP contribution in [0.2, 0.25) is 10.0 Å².